The molecule has 0 saturated heterocycles. The van der Waals surface area contributed by atoms with Gasteiger partial charge in [-0.15, -0.1) is 0 Å². The zero-order chi connectivity index (χ0) is 15.2. The van der Waals surface area contributed by atoms with E-state index in [0.29, 0.717) is 5.75 Å². The zero-order valence-corrected chi connectivity index (χ0v) is 11.6. The largest absolute Gasteiger partial charge is 0.493 e. The summed E-state index contributed by atoms with van der Waals surface area (Å²) < 4.78 is 5.58. The third-order valence-electron chi connectivity index (χ3n) is 3.16. The molecule has 0 bridgehead atoms. The van der Waals surface area contributed by atoms with E-state index in [4.69, 9.17) is 4.74 Å². The van der Waals surface area contributed by atoms with Crippen molar-refractivity contribution in [3.8, 4) is 5.75 Å². The molecular weight excluding hydrogens is 272 g/mol. The summed E-state index contributed by atoms with van der Waals surface area (Å²) in [6, 6.07) is 9.61. The first kappa shape index (κ1) is 14.9. The summed E-state index contributed by atoms with van der Waals surface area (Å²) in [6.07, 6.45) is 1.68. The molecule has 0 radical (unpaired) electrons. The molecule has 0 aliphatic heterocycles. The fourth-order valence-electron chi connectivity index (χ4n) is 2.00. The van der Waals surface area contributed by atoms with Gasteiger partial charge in [0.25, 0.3) is 5.69 Å². The quantitative estimate of drug-likeness (QED) is 0.652. The highest BCUT2D eigenvalue weighted by Crippen LogP contribution is 2.21. The van der Waals surface area contributed by atoms with Crippen molar-refractivity contribution in [2.24, 2.45) is 0 Å². The Balaban J connectivity index is 2.03. The number of aliphatic hydroxyl groups excluding tert-OH is 1. The van der Waals surface area contributed by atoms with E-state index < -0.39 is 4.92 Å². The molecule has 1 atom stereocenters. The molecule has 0 saturated carbocycles. The van der Waals surface area contributed by atoms with Gasteiger partial charge in [-0.2, -0.15) is 0 Å². The third kappa shape index (κ3) is 3.76. The van der Waals surface area contributed by atoms with Gasteiger partial charge in [0.05, 0.1) is 29.7 Å². The number of hydrogen-bond donors (Lipinski definition) is 1. The van der Waals surface area contributed by atoms with Crippen LogP contribution >= 0.6 is 0 Å². The zero-order valence-electron chi connectivity index (χ0n) is 11.6. The minimum Gasteiger partial charge on any atom is -0.493 e. The molecule has 1 heterocycles. The molecule has 1 N–H and O–H groups in total. The van der Waals surface area contributed by atoms with Gasteiger partial charge in [0.1, 0.15) is 5.75 Å². The molecule has 21 heavy (non-hydrogen) atoms. The smallest absolute Gasteiger partial charge is 0.269 e. The molecule has 0 spiro atoms. The van der Waals surface area contributed by atoms with Crippen LogP contribution < -0.4 is 4.74 Å². The molecule has 0 aliphatic rings. The van der Waals surface area contributed by atoms with Crippen molar-refractivity contribution in [1.82, 2.24) is 4.98 Å². The second-order valence-electron chi connectivity index (χ2n) is 4.65. The Labute approximate surface area is 122 Å². The summed E-state index contributed by atoms with van der Waals surface area (Å²) in [4.78, 5) is 14.4. The lowest BCUT2D eigenvalue weighted by molar-refractivity contribution is -0.384. The van der Waals surface area contributed by atoms with Crippen LogP contribution in [0.25, 0.3) is 0 Å². The van der Waals surface area contributed by atoms with Crippen LogP contribution in [0.5, 0.6) is 5.75 Å². The number of nitro benzene ring substituents is 1. The van der Waals surface area contributed by atoms with E-state index in [0.717, 1.165) is 11.3 Å². The lowest BCUT2D eigenvalue weighted by atomic mass is 10.0. The van der Waals surface area contributed by atoms with E-state index in [1.54, 1.807) is 6.20 Å². The van der Waals surface area contributed by atoms with Crippen LogP contribution in [0.15, 0.2) is 42.6 Å². The molecule has 110 valence electrons. The third-order valence-corrected chi connectivity index (χ3v) is 3.16. The first-order chi connectivity index (χ1) is 10.1. The SMILES string of the molecule is Cc1cccnc1C(CO)COc1ccc([N+](=O)[O-])cc1. The van der Waals surface area contributed by atoms with Crippen LogP contribution in [-0.4, -0.2) is 28.2 Å². The van der Waals surface area contributed by atoms with E-state index >= 15 is 0 Å². The number of non-ortho nitro benzene ring substituents is 1. The number of nitrogens with zero attached hydrogens (tertiary/aromatic N) is 2. The average molecular weight is 288 g/mol. The highest BCUT2D eigenvalue weighted by atomic mass is 16.6. The van der Waals surface area contributed by atoms with Crippen molar-refractivity contribution in [3.05, 3.63) is 64.0 Å². The maximum atomic E-state index is 10.6. The topological polar surface area (TPSA) is 85.5 Å². The number of pyridine rings is 1. The number of aromatic nitrogens is 1. The summed E-state index contributed by atoms with van der Waals surface area (Å²) in [7, 11) is 0. The summed E-state index contributed by atoms with van der Waals surface area (Å²) in [5.41, 5.74) is 1.80. The van der Waals surface area contributed by atoms with Gasteiger partial charge >= 0.3 is 0 Å². The number of aliphatic hydroxyl groups is 1. The number of ether oxygens (including phenoxy) is 1. The van der Waals surface area contributed by atoms with Gasteiger partial charge < -0.3 is 9.84 Å². The Morgan fingerprint density at radius 1 is 1.33 bits per heavy atom. The lowest BCUT2D eigenvalue weighted by Crippen LogP contribution is -2.16. The Morgan fingerprint density at radius 2 is 2.05 bits per heavy atom. The molecule has 6 heteroatoms. The molecule has 6 nitrogen and oxygen atoms in total. The molecule has 0 fully saturated rings. The van der Waals surface area contributed by atoms with Crippen LogP contribution in [0.1, 0.15) is 17.2 Å². The van der Waals surface area contributed by atoms with Crippen LogP contribution in [0, 0.1) is 17.0 Å². The van der Waals surface area contributed by atoms with Crippen molar-refractivity contribution >= 4 is 5.69 Å². The van der Waals surface area contributed by atoms with Gasteiger partial charge in [-0.1, -0.05) is 6.07 Å². The number of hydrogen-bond acceptors (Lipinski definition) is 5. The van der Waals surface area contributed by atoms with E-state index in [1.165, 1.54) is 24.3 Å². The van der Waals surface area contributed by atoms with Gasteiger partial charge in [-0.05, 0) is 30.7 Å². The van der Waals surface area contributed by atoms with Crippen LogP contribution in [-0.2, 0) is 0 Å². The lowest BCUT2D eigenvalue weighted by Gasteiger charge is -2.16. The molecule has 2 aromatic rings. The maximum Gasteiger partial charge on any atom is 0.269 e. The first-order valence-corrected chi connectivity index (χ1v) is 6.51. The second kappa shape index (κ2) is 6.81. The number of rotatable bonds is 6. The fraction of sp³-hybridized carbons (Fsp3) is 0.267. The van der Waals surface area contributed by atoms with E-state index in [9.17, 15) is 15.2 Å². The Kier molecular flexibility index (Phi) is 4.84. The molecule has 2 rings (SSSR count). The molecular formula is C15H16N2O4. The summed E-state index contributed by atoms with van der Waals surface area (Å²) in [5, 5.41) is 20.1. The van der Waals surface area contributed by atoms with Gasteiger partial charge in [0.15, 0.2) is 0 Å². The summed E-state index contributed by atoms with van der Waals surface area (Å²) in [5.74, 6) is 0.286. The van der Waals surface area contributed by atoms with E-state index in [2.05, 4.69) is 4.98 Å². The van der Waals surface area contributed by atoms with E-state index in [-0.39, 0.29) is 24.8 Å². The fourth-order valence-corrected chi connectivity index (χ4v) is 2.00. The van der Waals surface area contributed by atoms with Crippen molar-refractivity contribution in [2.75, 3.05) is 13.2 Å². The van der Waals surface area contributed by atoms with Gasteiger partial charge in [-0.25, -0.2) is 0 Å². The van der Waals surface area contributed by atoms with Crippen molar-refractivity contribution in [1.29, 1.82) is 0 Å². The van der Waals surface area contributed by atoms with Crippen LogP contribution in [0.4, 0.5) is 5.69 Å². The van der Waals surface area contributed by atoms with Gasteiger partial charge in [-0.3, -0.25) is 15.1 Å². The highest BCUT2D eigenvalue weighted by Gasteiger charge is 2.15. The number of benzene rings is 1. The van der Waals surface area contributed by atoms with Crippen molar-refractivity contribution < 1.29 is 14.8 Å². The minimum atomic E-state index is -0.461. The van der Waals surface area contributed by atoms with E-state index in [1.807, 2.05) is 19.1 Å². The predicted molar refractivity (Wildman–Crippen MR) is 77.4 cm³/mol. The number of nitro groups is 1. The normalized spacial score (nSPS) is 11.9. The van der Waals surface area contributed by atoms with Gasteiger partial charge in [0, 0.05) is 18.3 Å². The Hall–Kier alpha value is -2.47. The van der Waals surface area contributed by atoms with Crippen molar-refractivity contribution in [3.63, 3.8) is 0 Å². The standard InChI is InChI=1S/C15H16N2O4/c1-11-3-2-8-16-15(11)12(9-18)10-21-14-6-4-13(5-7-14)17(19)20/h2-8,12,18H,9-10H2,1H3. The summed E-state index contributed by atoms with van der Waals surface area (Å²) in [6.45, 7) is 2.11. The average Bonchev–Trinajstić information content (AvgIpc) is 2.50. The van der Waals surface area contributed by atoms with Crippen LogP contribution in [0.2, 0.25) is 0 Å². The first-order valence-electron chi connectivity index (χ1n) is 6.51. The summed E-state index contributed by atoms with van der Waals surface area (Å²) >= 11 is 0. The minimum absolute atomic E-state index is 0.0154. The van der Waals surface area contributed by atoms with Crippen molar-refractivity contribution in [2.45, 2.75) is 12.8 Å². The predicted octanol–water partition coefficient (Wildman–Crippen LogP) is 2.45. The van der Waals surface area contributed by atoms with Gasteiger partial charge in [0.2, 0.25) is 0 Å². The highest BCUT2D eigenvalue weighted by molar-refractivity contribution is 5.36. The molecule has 1 aromatic heterocycles. The number of aryl methyl sites for hydroxylation is 1. The molecule has 0 amide bonds. The molecule has 1 unspecified atom stereocenters. The maximum absolute atomic E-state index is 10.6. The Morgan fingerprint density at radius 3 is 2.62 bits per heavy atom. The Bertz CT molecular complexity index is 613. The monoisotopic (exact) mass is 288 g/mol. The molecule has 1 aromatic carbocycles. The molecule has 0 aliphatic carbocycles. The van der Waals surface area contributed by atoms with Crippen LogP contribution in [0.3, 0.4) is 0 Å². The second-order valence-corrected chi connectivity index (χ2v) is 4.65.